The molecular formula is C18H21FN6S. The molecule has 0 bridgehead atoms. The molecule has 8 heteroatoms. The number of likely N-dealkylation sites (N-methyl/N-ethyl adjacent to an activating group) is 1. The van der Waals surface area contributed by atoms with Crippen molar-refractivity contribution in [3.63, 3.8) is 0 Å². The first-order chi connectivity index (χ1) is 12.7. The van der Waals surface area contributed by atoms with Crippen molar-refractivity contribution >= 4 is 11.3 Å². The summed E-state index contributed by atoms with van der Waals surface area (Å²) in [5.41, 5.74) is 0.975. The number of rotatable bonds is 5. The maximum Gasteiger partial charge on any atom is 0.174 e. The molecule has 3 aromatic rings. The standard InChI is InChI=1S/C18H21FN6S/c1-23-8-10-24(11-9-23)17(16-3-2-12-26-16)18-20-21-22-25(18)13-14-4-6-15(19)7-5-14/h2-7,12,17H,8-11,13H2,1H3/t17-/m1/s1. The molecule has 1 aromatic carbocycles. The Morgan fingerprint density at radius 2 is 1.88 bits per heavy atom. The molecule has 1 aliphatic heterocycles. The number of piperazine rings is 1. The molecule has 136 valence electrons. The smallest absolute Gasteiger partial charge is 0.174 e. The highest BCUT2D eigenvalue weighted by molar-refractivity contribution is 7.10. The zero-order valence-electron chi connectivity index (χ0n) is 14.6. The van der Waals surface area contributed by atoms with E-state index in [-0.39, 0.29) is 11.9 Å². The van der Waals surface area contributed by atoms with E-state index in [1.807, 2.05) is 4.68 Å². The van der Waals surface area contributed by atoms with Gasteiger partial charge in [-0.3, -0.25) is 4.90 Å². The van der Waals surface area contributed by atoms with Crippen LogP contribution in [0.3, 0.4) is 0 Å². The molecule has 1 aliphatic rings. The second kappa shape index (κ2) is 7.61. The molecule has 0 spiro atoms. The van der Waals surface area contributed by atoms with Gasteiger partial charge in [0.1, 0.15) is 11.9 Å². The maximum absolute atomic E-state index is 13.2. The van der Waals surface area contributed by atoms with Gasteiger partial charge in [-0.15, -0.1) is 16.4 Å². The Morgan fingerprint density at radius 1 is 1.12 bits per heavy atom. The molecule has 6 nitrogen and oxygen atoms in total. The Morgan fingerprint density at radius 3 is 2.58 bits per heavy atom. The second-order valence-corrected chi connectivity index (χ2v) is 7.56. The largest absolute Gasteiger partial charge is 0.304 e. The molecule has 0 aliphatic carbocycles. The zero-order chi connectivity index (χ0) is 17.9. The third kappa shape index (κ3) is 3.67. The molecule has 4 rings (SSSR count). The summed E-state index contributed by atoms with van der Waals surface area (Å²) in [6, 6.07) is 10.7. The first-order valence-corrected chi connectivity index (χ1v) is 9.55. The van der Waals surface area contributed by atoms with Crippen LogP contribution >= 0.6 is 11.3 Å². The average molecular weight is 372 g/mol. The van der Waals surface area contributed by atoms with E-state index >= 15 is 0 Å². The maximum atomic E-state index is 13.2. The van der Waals surface area contributed by atoms with Crippen LogP contribution in [0.25, 0.3) is 0 Å². The highest BCUT2D eigenvalue weighted by atomic mass is 32.1. The van der Waals surface area contributed by atoms with Gasteiger partial charge in [0.05, 0.1) is 6.54 Å². The summed E-state index contributed by atoms with van der Waals surface area (Å²) in [4.78, 5) is 6.02. The Bertz CT molecular complexity index is 824. The Kier molecular flexibility index (Phi) is 5.05. The fourth-order valence-electron chi connectivity index (χ4n) is 3.28. The van der Waals surface area contributed by atoms with Crippen molar-refractivity contribution in [3.05, 3.63) is 63.9 Å². The first kappa shape index (κ1) is 17.3. The summed E-state index contributed by atoms with van der Waals surface area (Å²) in [7, 11) is 2.15. The summed E-state index contributed by atoms with van der Waals surface area (Å²) < 4.78 is 15.0. The molecule has 1 fully saturated rings. The summed E-state index contributed by atoms with van der Waals surface area (Å²) in [6.07, 6.45) is 0. The third-order valence-corrected chi connectivity index (χ3v) is 5.69. The minimum absolute atomic E-state index is 0.0409. The van der Waals surface area contributed by atoms with E-state index in [9.17, 15) is 4.39 Å². The number of hydrogen-bond donors (Lipinski definition) is 0. The van der Waals surface area contributed by atoms with Crippen molar-refractivity contribution in [2.45, 2.75) is 12.6 Å². The molecule has 0 amide bonds. The van der Waals surface area contributed by atoms with Crippen molar-refractivity contribution in [2.24, 2.45) is 0 Å². The fourth-order valence-corrected chi connectivity index (χ4v) is 4.14. The normalized spacial score (nSPS) is 17.5. The minimum Gasteiger partial charge on any atom is -0.304 e. The monoisotopic (exact) mass is 372 g/mol. The van der Waals surface area contributed by atoms with Crippen LogP contribution in [0.4, 0.5) is 4.39 Å². The van der Waals surface area contributed by atoms with Crippen molar-refractivity contribution < 1.29 is 4.39 Å². The molecular weight excluding hydrogens is 351 g/mol. The quantitative estimate of drug-likeness (QED) is 0.688. The van der Waals surface area contributed by atoms with Crippen molar-refractivity contribution in [1.82, 2.24) is 30.0 Å². The van der Waals surface area contributed by atoms with Crippen LogP contribution in [-0.2, 0) is 6.54 Å². The van der Waals surface area contributed by atoms with Crippen LogP contribution in [0.2, 0.25) is 0 Å². The predicted molar refractivity (Wildman–Crippen MR) is 98.6 cm³/mol. The van der Waals surface area contributed by atoms with Crippen molar-refractivity contribution in [2.75, 3.05) is 33.2 Å². The lowest BCUT2D eigenvalue weighted by atomic mass is 10.1. The van der Waals surface area contributed by atoms with Crippen LogP contribution in [0.15, 0.2) is 41.8 Å². The van der Waals surface area contributed by atoms with E-state index in [4.69, 9.17) is 0 Å². The fraction of sp³-hybridized carbons (Fsp3) is 0.389. The van der Waals surface area contributed by atoms with E-state index < -0.39 is 0 Å². The minimum atomic E-state index is -0.236. The number of thiophene rings is 1. The van der Waals surface area contributed by atoms with Crippen LogP contribution < -0.4 is 0 Å². The lowest BCUT2D eigenvalue weighted by molar-refractivity contribution is 0.123. The third-order valence-electron chi connectivity index (χ3n) is 4.77. The molecule has 0 saturated carbocycles. The van der Waals surface area contributed by atoms with Crippen molar-refractivity contribution in [3.8, 4) is 0 Å². The van der Waals surface area contributed by atoms with E-state index in [1.54, 1.807) is 23.5 Å². The van der Waals surface area contributed by atoms with Gasteiger partial charge < -0.3 is 4.90 Å². The summed E-state index contributed by atoms with van der Waals surface area (Å²) >= 11 is 1.73. The van der Waals surface area contributed by atoms with Crippen molar-refractivity contribution in [1.29, 1.82) is 0 Å². The summed E-state index contributed by atoms with van der Waals surface area (Å²) in [6.45, 7) is 4.53. The van der Waals surface area contributed by atoms with Gasteiger partial charge in [-0.1, -0.05) is 18.2 Å². The molecule has 1 atom stereocenters. The topological polar surface area (TPSA) is 50.1 Å². The van der Waals surface area contributed by atoms with Crippen LogP contribution in [0.1, 0.15) is 22.3 Å². The summed E-state index contributed by atoms with van der Waals surface area (Å²) in [5, 5.41) is 14.6. The van der Waals surface area contributed by atoms with Crippen LogP contribution in [0.5, 0.6) is 0 Å². The Balaban J connectivity index is 1.64. The van der Waals surface area contributed by atoms with Gasteiger partial charge in [-0.05, 0) is 46.6 Å². The van der Waals surface area contributed by atoms with E-state index in [2.05, 4.69) is 49.9 Å². The van der Waals surface area contributed by atoms with Gasteiger partial charge in [-0.25, -0.2) is 9.07 Å². The average Bonchev–Trinajstić information content (AvgIpc) is 3.32. The van der Waals surface area contributed by atoms with Crippen LogP contribution in [-0.4, -0.2) is 63.2 Å². The highest BCUT2D eigenvalue weighted by Crippen LogP contribution is 2.31. The SMILES string of the molecule is CN1CCN([C@H](c2cccs2)c2nnnn2Cc2ccc(F)cc2)CC1. The van der Waals surface area contributed by atoms with Crippen LogP contribution in [0, 0.1) is 5.82 Å². The Hall–Kier alpha value is -2.16. The zero-order valence-corrected chi connectivity index (χ0v) is 15.4. The predicted octanol–water partition coefficient (Wildman–Crippen LogP) is 2.26. The lowest BCUT2D eigenvalue weighted by Crippen LogP contribution is -2.46. The van der Waals surface area contributed by atoms with E-state index in [1.165, 1.54) is 17.0 Å². The first-order valence-electron chi connectivity index (χ1n) is 8.67. The highest BCUT2D eigenvalue weighted by Gasteiger charge is 2.30. The summed E-state index contributed by atoms with van der Waals surface area (Å²) in [5.74, 6) is 0.598. The molecule has 3 heterocycles. The molecule has 26 heavy (non-hydrogen) atoms. The van der Waals surface area contributed by atoms with Gasteiger partial charge in [0.15, 0.2) is 5.82 Å². The second-order valence-electron chi connectivity index (χ2n) is 6.58. The number of hydrogen-bond acceptors (Lipinski definition) is 6. The molecule has 0 radical (unpaired) electrons. The lowest BCUT2D eigenvalue weighted by Gasteiger charge is -2.36. The number of tetrazole rings is 1. The van der Waals surface area contributed by atoms with E-state index in [0.29, 0.717) is 6.54 Å². The van der Waals surface area contributed by atoms with E-state index in [0.717, 1.165) is 37.6 Å². The molecule has 1 saturated heterocycles. The van der Waals surface area contributed by atoms with Gasteiger partial charge in [0, 0.05) is 31.1 Å². The van der Waals surface area contributed by atoms with Gasteiger partial charge >= 0.3 is 0 Å². The number of nitrogens with zero attached hydrogens (tertiary/aromatic N) is 6. The molecule has 2 aromatic heterocycles. The Labute approximate surface area is 155 Å². The van der Waals surface area contributed by atoms with Gasteiger partial charge in [0.25, 0.3) is 0 Å². The number of aromatic nitrogens is 4. The number of halogens is 1. The van der Waals surface area contributed by atoms with Gasteiger partial charge in [0.2, 0.25) is 0 Å². The number of benzene rings is 1. The van der Waals surface area contributed by atoms with Gasteiger partial charge in [-0.2, -0.15) is 0 Å². The molecule has 0 N–H and O–H groups in total. The molecule has 0 unspecified atom stereocenters.